The number of thiophene rings is 1. The van der Waals surface area contributed by atoms with Crippen molar-refractivity contribution in [2.45, 2.75) is 20.8 Å². The summed E-state index contributed by atoms with van der Waals surface area (Å²) < 4.78 is 5.63. The lowest BCUT2D eigenvalue weighted by molar-refractivity contribution is -0.132. The van der Waals surface area contributed by atoms with Crippen LogP contribution in [0.1, 0.15) is 33.4 Å². The van der Waals surface area contributed by atoms with Crippen LogP contribution in [0.4, 0.5) is 0 Å². The number of benzene rings is 2. The predicted molar refractivity (Wildman–Crippen MR) is 130 cm³/mol. The third kappa shape index (κ3) is 4.03. The third-order valence-corrected chi connectivity index (χ3v) is 6.49. The molecule has 0 saturated carbocycles. The summed E-state index contributed by atoms with van der Waals surface area (Å²) >= 11 is 1.66. The molecule has 2 heterocycles. The maximum atomic E-state index is 13.3. The van der Waals surface area contributed by atoms with Gasteiger partial charge in [-0.2, -0.15) is 10.5 Å². The van der Waals surface area contributed by atoms with E-state index in [-0.39, 0.29) is 11.3 Å². The Morgan fingerprint density at radius 1 is 0.879 bits per heavy atom. The Balaban J connectivity index is 2.20. The Kier molecular flexibility index (Phi) is 6.09. The fraction of sp³-hybridized carbons (Fsp3) is 0.107. The number of nitriles is 2. The van der Waals surface area contributed by atoms with Crippen LogP contribution in [0.5, 0.6) is 0 Å². The molecule has 4 rings (SSSR count). The second-order valence-corrected chi connectivity index (χ2v) is 9.09. The van der Waals surface area contributed by atoms with Crippen molar-refractivity contribution >= 4 is 28.5 Å². The van der Waals surface area contributed by atoms with E-state index in [0.29, 0.717) is 11.1 Å². The zero-order valence-corrected chi connectivity index (χ0v) is 19.3. The lowest BCUT2D eigenvalue weighted by Gasteiger charge is -2.14. The van der Waals surface area contributed by atoms with Gasteiger partial charge in [0.05, 0.1) is 5.57 Å². The molecule has 1 aliphatic rings. The minimum Gasteiger partial charge on any atom is -0.420 e. The van der Waals surface area contributed by atoms with Crippen LogP contribution in [0.3, 0.4) is 0 Å². The Morgan fingerprint density at radius 2 is 1.42 bits per heavy atom. The smallest absolute Gasteiger partial charge is 0.344 e. The molecule has 33 heavy (non-hydrogen) atoms. The molecule has 0 atom stereocenters. The first-order valence-electron chi connectivity index (χ1n) is 10.4. The summed E-state index contributed by atoms with van der Waals surface area (Å²) in [5, 5.41) is 19.3. The van der Waals surface area contributed by atoms with Gasteiger partial charge in [0.25, 0.3) is 0 Å². The molecule has 0 N–H and O–H groups in total. The molecule has 5 heteroatoms. The lowest BCUT2D eigenvalue weighted by atomic mass is 9.86. The summed E-state index contributed by atoms with van der Waals surface area (Å²) in [6.07, 6.45) is 0. The van der Waals surface area contributed by atoms with Gasteiger partial charge in [-0.15, -0.1) is 11.3 Å². The first kappa shape index (κ1) is 22.0. The zero-order chi connectivity index (χ0) is 23.5. The molecule has 160 valence electrons. The largest absolute Gasteiger partial charge is 0.420 e. The van der Waals surface area contributed by atoms with E-state index in [1.807, 2.05) is 93.6 Å². The molecule has 1 fully saturated rings. The Morgan fingerprint density at radius 3 is 1.88 bits per heavy atom. The first-order valence-corrected chi connectivity index (χ1v) is 11.2. The number of carbonyl (C=O) groups excluding carboxylic acids is 1. The van der Waals surface area contributed by atoms with Gasteiger partial charge in [0.15, 0.2) is 11.3 Å². The number of ether oxygens (including phenoxy) is 1. The van der Waals surface area contributed by atoms with Crippen molar-refractivity contribution in [1.29, 1.82) is 10.5 Å². The van der Waals surface area contributed by atoms with Gasteiger partial charge in [0.2, 0.25) is 0 Å². The van der Waals surface area contributed by atoms with Gasteiger partial charge in [-0.1, -0.05) is 60.7 Å². The Hall–Kier alpha value is -4.19. The highest BCUT2D eigenvalue weighted by molar-refractivity contribution is 7.12. The van der Waals surface area contributed by atoms with Gasteiger partial charge in [-0.05, 0) is 49.1 Å². The molecule has 0 bridgehead atoms. The molecule has 0 radical (unpaired) electrons. The molecule has 3 aromatic rings. The summed E-state index contributed by atoms with van der Waals surface area (Å²) in [5.41, 5.74) is 4.77. The predicted octanol–water partition coefficient (Wildman–Crippen LogP) is 6.50. The highest BCUT2D eigenvalue weighted by Crippen LogP contribution is 2.44. The summed E-state index contributed by atoms with van der Waals surface area (Å²) in [6, 6.07) is 25.1. The average molecular weight is 449 g/mol. The van der Waals surface area contributed by atoms with E-state index < -0.39 is 5.97 Å². The minimum atomic E-state index is -0.562. The number of hydrogen-bond donors (Lipinski definition) is 0. The van der Waals surface area contributed by atoms with Crippen molar-refractivity contribution in [3.8, 4) is 12.1 Å². The minimum absolute atomic E-state index is 0.00617. The van der Waals surface area contributed by atoms with Crippen molar-refractivity contribution in [2.75, 3.05) is 0 Å². The van der Waals surface area contributed by atoms with Crippen molar-refractivity contribution in [3.05, 3.63) is 116 Å². The number of cyclic esters (lactones) is 1. The van der Waals surface area contributed by atoms with Gasteiger partial charge >= 0.3 is 5.97 Å². The summed E-state index contributed by atoms with van der Waals surface area (Å²) in [5.74, 6) is -0.556. The van der Waals surface area contributed by atoms with E-state index in [1.54, 1.807) is 11.3 Å². The number of esters is 1. The summed E-state index contributed by atoms with van der Waals surface area (Å²) in [7, 11) is 0. The zero-order valence-electron chi connectivity index (χ0n) is 18.5. The van der Waals surface area contributed by atoms with Gasteiger partial charge in [0.1, 0.15) is 12.1 Å². The van der Waals surface area contributed by atoms with E-state index in [4.69, 9.17) is 4.74 Å². The number of allylic oxidation sites excluding steroid dienone is 3. The molecule has 1 aliphatic heterocycles. The van der Waals surface area contributed by atoms with Crippen LogP contribution in [-0.2, 0) is 9.53 Å². The number of rotatable bonds is 3. The molecular formula is C28H20N2O2S. The summed E-state index contributed by atoms with van der Waals surface area (Å²) in [4.78, 5) is 15.5. The normalized spacial score (nSPS) is 14.4. The van der Waals surface area contributed by atoms with Gasteiger partial charge in [-0.25, -0.2) is 4.79 Å². The van der Waals surface area contributed by atoms with Gasteiger partial charge in [0, 0.05) is 20.9 Å². The highest BCUT2D eigenvalue weighted by Gasteiger charge is 2.38. The fourth-order valence-corrected chi connectivity index (χ4v) is 5.08. The van der Waals surface area contributed by atoms with Crippen LogP contribution in [0.25, 0.3) is 11.1 Å². The third-order valence-electron chi connectivity index (χ3n) is 5.52. The van der Waals surface area contributed by atoms with Crippen LogP contribution in [0.2, 0.25) is 0 Å². The van der Waals surface area contributed by atoms with Crippen molar-refractivity contribution in [1.82, 2.24) is 0 Å². The first-order chi connectivity index (χ1) is 16.0. The molecule has 0 spiro atoms. The maximum Gasteiger partial charge on any atom is 0.344 e. The second-order valence-electron chi connectivity index (χ2n) is 7.63. The van der Waals surface area contributed by atoms with Crippen LogP contribution in [0, 0.1) is 36.5 Å². The lowest BCUT2D eigenvalue weighted by Crippen LogP contribution is -2.02. The molecule has 1 aromatic heterocycles. The standard InChI is InChI=1S/C28H20N2O2S/c1-17-14-23(19(3)33-17)18(2)24-26(27(32-28(24)31)22(15-29)16-30)25(20-10-6-4-7-11-20)21-12-8-5-9-13-21/h4-14H,1-3H3/b24-18-. The van der Waals surface area contributed by atoms with Crippen LogP contribution in [0.15, 0.2) is 89.2 Å². The Labute approximate surface area is 197 Å². The number of carbonyl (C=O) groups is 1. The molecule has 0 amide bonds. The SMILES string of the molecule is C/C(=C1/C(=O)OC(=C(C#N)C#N)C1=C(c1ccccc1)c1ccccc1)c1cc(C)sc1C. The van der Waals surface area contributed by atoms with Crippen molar-refractivity contribution < 1.29 is 9.53 Å². The van der Waals surface area contributed by atoms with Crippen LogP contribution >= 0.6 is 11.3 Å². The average Bonchev–Trinajstić information content (AvgIpc) is 3.34. The molecule has 2 aromatic carbocycles. The van der Waals surface area contributed by atoms with Crippen molar-refractivity contribution in [3.63, 3.8) is 0 Å². The van der Waals surface area contributed by atoms with Gasteiger partial charge < -0.3 is 4.74 Å². The van der Waals surface area contributed by atoms with E-state index in [0.717, 1.165) is 37.6 Å². The highest BCUT2D eigenvalue weighted by atomic mass is 32.1. The van der Waals surface area contributed by atoms with Crippen LogP contribution < -0.4 is 0 Å². The van der Waals surface area contributed by atoms with E-state index in [2.05, 4.69) is 6.07 Å². The van der Waals surface area contributed by atoms with Gasteiger partial charge in [-0.3, -0.25) is 0 Å². The maximum absolute atomic E-state index is 13.3. The topological polar surface area (TPSA) is 73.9 Å². The number of hydrogen-bond acceptors (Lipinski definition) is 5. The van der Waals surface area contributed by atoms with E-state index >= 15 is 0 Å². The Bertz CT molecular complexity index is 1370. The molecule has 0 aliphatic carbocycles. The fourth-order valence-electron chi connectivity index (χ4n) is 4.09. The monoisotopic (exact) mass is 448 g/mol. The van der Waals surface area contributed by atoms with E-state index in [9.17, 15) is 15.3 Å². The molecular weight excluding hydrogens is 428 g/mol. The molecule has 0 unspecified atom stereocenters. The quantitative estimate of drug-likeness (QED) is 0.260. The number of aryl methyl sites for hydroxylation is 2. The number of nitrogens with zero attached hydrogens (tertiary/aromatic N) is 2. The van der Waals surface area contributed by atoms with E-state index in [1.165, 1.54) is 0 Å². The summed E-state index contributed by atoms with van der Waals surface area (Å²) in [6.45, 7) is 5.93. The second kappa shape index (κ2) is 9.12. The molecule has 4 nitrogen and oxygen atoms in total. The van der Waals surface area contributed by atoms with Crippen LogP contribution in [-0.4, -0.2) is 5.97 Å². The molecule has 1 saturated heterocycles. The van der Waals surface area contributed by atoms with Crippen molar-refractivity contribution in [2.24, 2.45) is 0 Å².